The number of carbonyl (C=O) groups is 2. The van der Waals surface area contributed by atoms with Crippen LogP contribution in [0.15, 0.2) is 24.3 Å². The number of benzene rings is 1. The Kier molecular flexibility index (Phi) is 4.27. The molecule has 5 heteroatoms. The molecule has 1 aliphatic rings. The highest BCUT2D eigenvalue weighted by Crippen LogP contribution is 2.50. The van der Waals surface area contributed by atoms with Crippen LogP contribution in [0.1, 0.15) is 25.3 Å². The van der Waals surface area contributed by atoms with Crippen molar-refractivity contribution in [2.75, 3.05) is 20.3 Å². The second-order valence-corrected chi connectivity index (χ2v) is 4.88. The van der Waals surface area contributed by atoms with E-state index in [2.05, 4.69) is 10.1 Å². The highest BCUT2D eigenvalue weighted by molar-refractivity contribution is 6.32. The van der Waals surface area contributed by atoms with Crippen molar-refractivity contribution in [3.63, 3.8) is 0 Å². The van der Waals surface area contributed by atoms with Gasteiger partial charge in [0, 0.05) is 17.5 Å². The maximum atomic E-state index is 11.6. The molecular weight excluding hydrogens is 258 g/mol. The summed E-state index contributed by atoms with van der Waals surface area (Å²) < 4.78 is 10.0. The van der Waals surface area contributed by atoms with E-state index in [-0.39, 0.29) is 12.0 Å². The van der Waals surface area contributed by atoms with Crippen molar-refractivity contribution in [1.82, 2.24) is 5.32 Å². The third-order valence-electron chi connectivity index (χ3n) is 3.58. The summed E-state index contributed by atoms with van der Waals surface area (Å²) in [5.41, 5.74) is 0.959. The monoisotopic (exact) mass is 277 g/mol. The first-order chi connectivity index (χ1) is 9.63. The zero-order valence-corrected chi connectivity index (χ0v) is 11.8. The molecule has 108 valence electrons. The molecule has 0 atom stereocenters. The quantitative estimate of drug-likeness (QED) is 0.653. The summed E-state index contributed by atoms with van der Waals surface area (Å²) in [6.45, 7) is 2.29. The molecule has 0 radical (unpaired) electrons. The molecule has 1 aliphatic carbocycles. The van der Waals surface area contributed by atoms with Crippen LogP contribution in [0.25, 0.3) is 0 Å². The number of carbonyl (C=O) groups excluding carboxylic acids is 2. The van der Waals surface area contributed by atoms with Gasteiger partial charge in [0.2, 0.25) is 0 Å². The van der Waals surface area contributed by atoms with Crippen LogP contribution in [0.2, 0.25) is 0 Å². The molecule has 0 bridgehead atoms. The molecule has 2 rings (SSSR count). The number of rotatable bonds is 5. The van der Waals surface area contributed by atoms with Crippen molar-refractivity contribution in [3.05, 3.63) is 29.8 Å². The van der Waals surface area contributed by atoms with Gasteiger partial charge in [-0.2, -0.15) is 0 Å². The lowest BCUT2D eigenvalue weighted by Crippen LogP contribution is -2.37. The molecule has 1 aromatic carbocycles. The lowest BCUT2D eigenvalue weighted by atomic mass is 9.95. The van der Waals surface area contributed by atoms with Gasteiger partial charge in [0.1, 0.15) is 5.75 Å². The first-order valence-corrected chi connectivity index (χ1v) is 6.71. The number of hydrogen-bond acceptors (Lipinski definition) is 4. The Hall–Kier alpha value is -2.04. The van der Waals surface area contributed by atoms with E-state index in [1.807, 2.05) is 24.3 Å². The van der Waals surface area contributed by atoms with Gasteiger partial charge in [-0.3, -0.25) is 4.79 Å². The fourth-order valence-electron chi connectivity index (χ4n) is 2.29. The maximum absolute atomic E-state index is 11.6. The van der Waals surface area contributed by atoms with Gasteiger partial charge >= 0.3 is 11.9 Å². The number of amides is 1. The zero-order chi connectivity index (χ0) is 14.6. The van der Waals surface area contributed by atoms with Crippen molar-refractivity contribution in [1.29, 1.82) is 0 Å². The van der Waals surface area contributed by atoms with Crippen LogP contribution in [0.5, 0.6) is 5.75 Å². The molecule has 1 aromatic rings. The summed E-state index contributed by atoms with van der Waals surface area (Å²) in [6.07, 6.45) is 1.94. The van der Waals surface area contributed by atoms with E-state index in [9.17, 15) is 9.59 Å². The Morgan fingerprint density at radius 2 is 2.00 bits per heavy atom. The normalized spacial score (nSPS) is 15.3. The predicted molar refractivity (Wildman–Crippen MR) is 73.5 cm³/mol. The second kappa shape index (κ2) is 5.94. The molecule has 0 saturated heterocycles. The van der Waals surface area contributed by atoms with Gasteiger partial charge < -0.3 is 14.8 Å². The Labute approximate surface area is 118 Å². The third kappa shape index (κ3) is 2.92. The molecule has 0 aromatic heterocycles. The summed E-state index contributed by atoms with van der Waals surface area (Å²) >= 11 is 0. The standard InChI is InChI=1S/C15H19NO4/c1-3-20-14(18)13(17)16-10-15(8-9-15)11-6-4-5-7-12(11)19-2/h4-7H,3,8-10H2,1-2H3,(H,16,17). The van der Waals surface area contributed by atoms with Gasteiger partial charge in [0.25, 0.3) is 0 Å². The van der Waals surface area contributed by atoms with Gasteiger partial charge in [-0.05, 0) is 25.8 Å². The molecule has 1 N–H and O–H groups in total. The predicted octanol–water partition coefficient (Wildman–Crippen LogP) is 1.41. The van der Waals surface area contributed by atoms with Gasteiger partial charge in [-0.15, -0.1) is 0 Å². The molecule has 5 nitrogen and oxygen atoms in total. The van der Waals surface area contributed by atoms with Crippen molar-refractivity contribution in [2.45, 2.75) is 25.2 Å². The van der Waals surface area contributed by atoms with E-state index in [4.69, 9.17) is 4.74 Å². The number of esters is 1. The highest BCUT2D eigenvalue weighted by atomic mass is 16.5. The van der Waals surface area contributed by atoms with E-state index in [0.29, 0.717) is 6.54 Å². The minimum Gasteiger partial charge on any atom is -0.496 e. The maximum Gasteiger partial charge on any atom is 0.396 e. The topological polar surface area (TPSA) is 64.6 Å². The molecular formula is C15H19NO4. The summed E-state index contributed by atoms with van der Waals surface area (Å²) in [6, 6.07) is 7.77. The van der Waals surface area contributed by atoms with Crippen molar-refractivity contribution < 1.29 is 19.1 Å². The fourth-order valence-corrected chi connectivity index (χ4v) is 2.29. The fraction of sp³-hybridized carbons (Fsp3) is 0.467. The number of para-hydroxylation sites is 1. The number of ether oxygens (including phenoxy) is 2. The van der Waals surface area contributed by atoms with E-state index in [1.54, 1.807) is 14.0 Å². The Balaban J connectivity index is 2.02. The lowest BCUT2D eigenvalue weighted by molar-refractivity contribution is -0.154. The van der Waals surface area contributed by atoms with Crippen molar-refractivity contribution >= 4 is 11.9 Å². The van der Waals surface area contributed by atoms with E-state index in [1.165, 1.54) is 0 Å². The number of methoxy groups -OCH3 is 1. The molecule has 1 amide bonds. The number of nitrogens with one attached hydrogen (secondary N) is 1. The van der Waals surface area contributed by atoms with Crippen LogP contribution in [-0.4, -0.2) is 32.1 Å². The first-order valence-electron chi connectivity index (χ1n) is 6.71. The summed E-state index contributed by atoms with van der Waals surface area (Å²) in [4.78, 5) is 22.9. The molecule has 0 heterocycles. The molecule has 1 saturated carbocycles. The average molecular weight is 277 g/mol. The average Bonchev–Trinajstić information content (AvgIpc) is 3.26. The van der Waals surface area contributed by atoms with E-state index < -0.39 is 11.9 Å². The van der Waals surface area contributed by atoms with E-state index >= 15 is 0 Å². The molecule has 0 unspecified atom stereocenters. The third-order valence-corrected chi connectivity index (χ3v) is 3.58. The highest BCUT2D eigenvalue weighted by Gasteiger charge is 2.46. The van der Waals surface area contributed by atoms with Gasteiger partial charge in [-0.1, -0.05) is 18.2 Å². The van der Waals surface area contributed by atoms with Crippen LogP contribution in [-0.2, 0) is 19.7 Å². The minimum atomic E-state index is -0.830. The number of hydrogen-bond donors (Lipinski definition) is 1. The first kappa shape index (κ1) is 14.4. The van der Waals surface area contributed by atoms with E-state index in [0.717, 1.165) is 24.2 Å². The SMILES string of the molecule is CCOC(=O)C(=O)NCC1(c2ccccc2OC)CC1. The van der Waals surface area contributed by atoms with Gasteiger partial charge in [0.15, 0.2) is 0 Å². The summed E-state index contributed by atoms with van der Waals surface area (Å²) in [5.74, 6) is -0.702. The van der Waals surface area contributed by atoms with Crippen LogP contribution in [0.3, 0.4) is 0 Å². The van der Waals surface area contributed by atoms with Crippen LogP contribution in [0, 0.1) is 0 Å². The molecule has 0 aliphatic heterocycles. The molecule has 0 spiro atoms. The molecule has 1 fully saturated rings. The summed E-state index contributed by atoms with van der Waals surface area (Å²) in [5, 5.41) is 2.65. The van der Waals surface area contributed by atoms with Crippen molar-refractivity contribution in [2.24, 2.45) is 0 Å². The Morgan fingerprint density at radius 1 is 1.30 bits per heavy atom. The Morgan fingerprint density at radius 3 is 2.60 bits per heavy atom. The smallest absolute Gasteiger partial charge is 0.396 e. The minimum absolute atomic E-state index is 0.116. The second-order valence-electron chi connectivity index (χ2n) is 4.88. The molecule has 20 heavy (non-hydrogen) atoms. The Bertz CT molecular complexity index is 508. The lowest BCUT2D eigenvalue weighted by Gasteiger charge is -2.19. The largest absolute Gasteiger partial charge is 0.496 e. The van der Waals surface area contributed by atoms with Crippen LogP contribution in [0.4, 0.5) is 0 Å². The van der Waals surface area contributed by atoms with Gasteiger partial charge in [-0.25, -0.2) is 4.79 Å². The van der Waals surface area contributed by atoms with Crippen LogP contribution >= 0.6 is 0 Å². The van der Waals surface area contributed by atoms with Gasteiger partial charge in [0.05, 0.1) is 13.7 Å². The zero-order valence-electron chi connectivity index (χ0n) is 11.8. The van der Waals surface area contributed by atoms with Crippen molar-refractivity contribution in [3.8, 4) is 5.75 Å². The summed E-state index contributed by atoms with van der Waals surface area (Å²) in [7, 11) is 1.63. The van der Waals surface area contributed by atoms with Crippen LogP contribution < -0.4 is 10.1 Å².